The fourth-order valence-corrected chi connectivity index (χ4v) is 1.30. The second kappa shape index (κ2) is 3.08. The Morgan fingerprint density at radius 1 is 0.800 bits per heavy atom. The fraction of sp³-hybridized carbons (Fsp3) is 1.00. The van der Waals surface area contributed by atoms with Gasteiger partial charge in [-0.15, -0.1) is 0 Å². The minimum absolute atomic E-state index is 0.500. The van der Waals surface area contributed by atoms with E-state index < -0.39 is 0 Å². The molecule has 0 saturated carbocycles. The fourth-order valence-electron chi connectivity index (χ4n) is 1.30. The summed E-state index contributed by atoms with van der Waals surface area (Å²) in [6, 6.07) is 0. The van der Waals surface area contributed by atoms with Crippen molar-refractivity contribution in [3.63, 3.8) is 0 Å². The Hall–Kier alpha value is 0.870. The molecule has 0 aliphatic carbocycles. The molecule has 1 heteroatoms. The molecule has 58 valence electrons. The van der Waals surface area contributed by atoms with Crippen LogP contribution in [0.15, 0.2) is 0 Å². The van der Waals surface area contributed by atoms with Gasteiger partial charge in [0.1, 0.15) is 0 Å². The van der Waals surface area contributed by atoms with Crippen molar-refractivity contribution in [1.29, 1.82) is 0 Å². The van der Waals surface area contributed by atoms with Crippen LogP contribution in [-0.2, 0) is 0 Å². The minimum atomic E-state index is 0.500. The van der Waals surface area contributed by atoms with E-state index in [4.69, 9.17) is 0 Å². The summed E-state index contributed by atoms with van der Waals surface area (Å²) in [5.74, 6) is 0. The number of hydrogen-bond donors (Lipinski definition) is 0. The molecule has 0 aliphatic heterocycles. The van der Waals surface area contributed by atoms with Crippen LogP contribution >= 0.6 is 0 Å². The summed E-state index contributed by atoms with van der Waals surface area (Å²) in [6.07, 6.45) is 0. The summed E-state index contributed by atoms with van der Waals surface area (Å²) in [7, 11) is 0. The molecule has 0 aliphatic rings. The molecule has 0 heterocycles. The summed E-state index contributed by atoms with van der Waals surface area (Å²) in [4.78, 5) is 0. The molecule has 0 bridgehead atoms. The third-order valence-corrected chi connectivity index (χ3v) is 7.57. The summed E-state index contributed by atoms with van der Waals surface area (Å²) in [5, 5.41) is 0. The Morgan fingerprint density at radius 2 is 1.00 bits per heavy atom. The van der Waals surface area contributed by atoms with Crippen LogP contribution < -0.4 is 0 Å². The molecule has 0 spiro atoms. The average molecular weight is 242 g/mol. The molecule has 0 saturated heterocycles. The van der Waals surface area contributed by atoms with Gasteiger partial charge in [0.25, 0.3) is 0 Å². The van der Waals surface area contributed by atoms with E-state index >= 15 is 0 Å². The third kappa shape index (κ3) is 3.32. The molecule has 0 aromatic carbocycles. The predicted molar refractivity (Wildman–Crippen MR) is 48.4 cm³/mol. The van der Waals surface area contributed by atoms with E-state index in [-0.39, 0.29) is 0 Å². The van der Waals surface area contributed by atoms with Gasteiger partial charge in [-0.25, -0.2) is 0 Å². The van der Waals surface area contributed by atoms with Crippen LogP contribution in [-0.4, -0.2) is 24.4 Å². The van der Waals surface area contributed by atoms with Gasteiger partial charge in [0.05, 0.1) is 0 Å². The van der Waals surface area contributed by atoms with Crippen LogP contribution in [0.25, 0.3) is 0 Å². The Labute approximate surface area is 80.4 Å². The Kier molecular flexibility index (Phi) is 3.35. The monoisotopic (exact) mass is 242 g/mol. The summed E-state index contributed by atoms with van der Waals surface area (Å²) >= 11 is 1.37. The van der Waals surface area contributed by atoms with Crippen LogP contribution in [0, 0.1) is 10.8 Å². The van der Waals surface area contributed by atoms with Crippen molar-refractivity contribution in [2.75, 3.05) is 0 Å². The van der Waals surface area contributed by atoms with Crippen LogP contribution in [0.5, 0.6) is 0 Å². The summed E-state index contributed by atoms with van der Waals surface area (Å²) in [6.45, 7) is 14.0. The zero-order valence-electron chi connectivity index (χ0n) is 8.15. The Balaban J connectivity index is 4.23. The molecule has 0 N–H and O–H groups in total. The first-order valence-corrected chi connectivity index (χ1v) is 5.81. The Bertz CT molecular complexity index is 88.9. The maximum absolute atomic E-state index is 2.34. The summed E-state index contributed by atoms with van der Waals surface area (Å²) in [5.41, 5.74) is 1.00. The van der Waals surface area contributed by atoms with E-state index in [1.54, 1.807) is 0 Å². The van der Waals surface area contributed by atoms with Gasteiger partial charge in [0.2, 0.25) is 0 Å². The molecule has 0 aromatic heterocycles. The summed E-state index contributed by atoms with van der Waals surface area (Å²) < 4.78 is 0.894. The molecule has 2 radical (unpaired) electrons. The van der Waals surface area contributed by atoms with Gasteiger partial charge in [-0.3, -0.25) is 0 Å². The second-order valence-corrected chi connectivity index (χ2v) is 7.11. The van der Waals surface area contributed by atoms with Gasteiger partial charge in [0.15, 0.2) is 0 Å². The van der Waals surface area contributed by atoms with Crippen molar-refractivity contribution in [3.8, 4) is 0 Å². The number of rotatable bonds is 0. The third-order valence-electron chi connectivity index (χ3n) is 1.87. The van der Waals surface area contributed by atoms with Crippen molar-refractivity contribution in [1.82, 2.24) is 0 Å². The van der Waals surface area contributed by atoms with Crippen molar-refractivity contribution < 1.29 is 0 Å². The Morgan fingerprint density at radius 3 is 1.00 bits per heavy atom. The van der Waals surface area contributed by atoms with Gasteiger partial charge in [0, 0.05) is 0 Å². The molecule has 10 heavy (non-hydrogen) atoms. The van der Waals surface area contributed by atoms with Crippen LogP contribution in [0.3, 0.4) is 0 Å². The quantitative estimate of drug-likeness (QED) is 0.612. The van der Waals surface area contributed by atoms with Crippen LogP contribution in [0.1, 0.15) is 41.5 Å². The topological polar surface area (TPSA) is 0 Å². The normalized spacial score (nSPS) is 14.3. The second-order valence-electron chi connectivity index (χ2n) is 5.21. The van der Waals surface area contributed by atoms with Crippen LogP contribution in [0.2, 0.25) is 3.67 Å². The van der Waals surface area contributed by atoms with Crippen LogP contribution in [0.4, 0.5) is 0 Å². The van der Waals surface area contributed by atoms with E-state index in [0.717, 1.165) is 3.67 Å². The number of hydrogen-bond acceptors (Lipinski definition) is 0. The van der Waals surface area contributed by atoms with Gasteiger partial charge < -0.3 is 0 Å². The molecule has 0 rings (SSSR count). The first-order chi connectivity index (χ1) is 4.15. The van der Waals surface area contributed by atoms with Crippen molar-refractivity contribution >= 4 is 24.4 Å². The van der Waals surface area contributed by atoms with Gasteiger partial charge >= 0.3 is 80.4 Å². The first kappa shape index (κ1) is 10.9. The standard InChI is InChI=1S/C9H19.In/c1-8(2,3)7-9(4,5)6;/h7H,1-6H3;. The van der Waals surface area contributed by atoms with E-state index in [2.05, 4.69) is 41.5 Å². The molecular formula is C9H19In. The molecule has 0 aromatic rings. The maximum atomic E-state index is 2.34. The molecule has 0 atom stereocenters. The van der Waals surface area contributed by atoms with Crippen molar-refractivity contribution in [2.24, 2.45) is 10.8 Å². The van der Waals surface area contributed by atoms with E-state index in [9.17, 15) is 0 Å². The van der Waals surface area contributed by atoms with E-state index in [1.165, 1.54) is 24.4 Å². The average Bonchev–Trinajstić information content (AvgIpc) is 1.59. The molecule has 0 unspecified atom stereocenters. The van der Waals surface area contributed by atoms with E-state index in [1.807, 2.05) is 0 Å². The predicted octanol–water partition coefficient (Wildman–Crippen LogP) is 3.04. The zero-order valence-corrected chi connectivity index (χ0v) is 11.5. The van der Waals surface area contributed by atoms with Crippen molar-refractivity contribution in [3.05, 3.63) is 0 Å². The van der Waals surface area contributed by atoms with Crippen molar-refractivity contribution in [2.45, 2.75) is 45.2 Å². The molecular weight excluding hydrogens is 223 g/mol. The molecule has 0 amide bonds. The van der Waals surface area contributed by atoms with Gasteiger partial charge in [-0.05, 0) is 0 Å². The van der Waals surface area contributed by atoms with Gasteiger partial charge in [-0.1, -0.05) is 0 Å². The first-order valence-electron chi connectivity index (χ1n) is 3.91. The zero-order chi connectivity index (χ0) is 8.58. The molecule has 0 nitrogen and oxygen atoms in total. The van der Waals surface area contributed by atoms with E-state index in [0.29, 0.717) is 10.8 Å². The van der Waals surface area contributed by atoms with Gasteiger partial charge in [-0.2, -0.15) is 0 Å². The SMILES string of the molecule is CC(C)(C)[CH]([In])C(C)(C)C. The molecule has 0 fully saturated rings.